The lowest BCUT2D eigenvalue weighted by Gasteiger charge is -2.04. The minimum absolute atomic E-state index is 0.292. The van der Waals surface area contributed by atoms with Gasteiger partial charge in [-0.2, -0.15) is 0 Å². The second-order valence-electron chi connectivity index (χ2n) is 3.97. The number of hydrogen-bond acceptors (Lipinski definition) is 4. The van der Waals surface area contributed by atoms with Crippen molar-refractivity contribution in [3.8, 4) is 5.88 Å². The number of fused-ring (bicyclic) bond motifs is 1. The number of aromatic nitrogens is 2. The number of pyridine rings is 2. The molecular weight excluding hydrogens is 240 g/mol. The monoisotopic (exact) mass is 250 g/mol. The number of benzene rings is 1. The van der Waals surface area contributed by atoms with Crippen LogP contribution in [0, 0.1) is 0 Å². The predicted molar refractivity (Wildman–Crippen MR) is 70.9 cm³/mol. The van der Waals surface area contributed by atoms with Gasteiger partial charge in [0, 0.05) is 23.8 Å². The lowest BCUT2D eigenvalue weighted by atomic mass is 10.2. The maximum absolute atomic E-state index is 11.9. The van der Waals surface area contributed by atoms with Gasteiger partial charge in [0.15, 0.2) is 0 Å². The molecule has 0 saturated heterocycles. The first-order valence-corrected chi connectivity index (χ1v) is 5.81. The summed E-state index contributed by atoms with van der Waals surface area (Å²) in [4.78, 5) is 20.0. The minimum atomic E-state index is -0.440. The molecule has 3 aromatic rings. The normalized spacial score (nSPS) is 10.3. The molecule has 0 aliphatic heterocycles. The van der Waals surface area contributed by atoms with Gasteiger partial charge in [-0.1, -0.05) is 18.2 Å². The van der Waals surface area contributed by atoms with Crippen LogP contribution in [0.25, 0.3) is 10.9 Å². The van der Waals surface area contributed by atoms with Gasteiger partial charge >= 0.3 is 5.97 Å². The fraction of sp³-hybridized carbons (Fsp3) is 0. The maximum atomic E-state index is 11.9. The van der Waals surface area contributed by atoms with E-state index >= 15 is 0 Å². The Balaban J connectivity index is 1.87. The molecule has 92 valence electrons. The average Bonchev–Trinajstić information content (AvgIpc) is 2.48. The number of esters is 1. The summed E-state index contributed by atoms with van der Waals surface area (Å²) >= 11 is 0. The Kier molecular flexibility index (Phi) is 2.90. The number of ether oxygens (including phenoxy) is 1. The van der Waals surface area contributed by atoms with Crippen LogP contribution in [-0.2, 0) is 0 Å². The van der Waals surface area contributed by atoms with E-state index in [2.05, 4.69) is 9.97 Å². The van der Waals surface area contributed by atoms with E-state index in [4.69, 9.17) is 4.74 Å². The van der Waals surface area contributed by atoms with Crippen molar-refractivity contribution in [3.63, 3.8) is 0 Å². The second kappa shape index (κ2) is 4.86. The third kappa shape index (κ3) is 2.42. The standard InChI is InChI=1S/C15H10N2O2/c18-15(12-7-9-16-10-8-12)19-14-6-5-11-3-1-2-4-13(11)17-14/h1-10H. The molecule has 4 nitrogen and oxygen atoms in total. The van der Waals surface area contributed by atoms with Crippen LogP contribution in [0.2, 0.25) is 0 Å². The van der Waals surface area contributed by atoms with Crippen molar-refractivity contribution in [2.45, 2.75) is 0 Å². The molecule has 0 amide bonds. The molecule has 0 radical (unpaired) electrons. The van der Waals surface area contributed by atoms with Crippen LogP contribution in [0.4, 0.5) is 0 Å². The summed E-state index contributed by atoms with van der Waals surface area (Å²) in [6.45, 7) is 0. The van der Waals surface area contributed by atoms with Crippen molar-refractivity contribution < 1.29 is 9.53 Å². The van der Waals surface area contributed by atoms with Crippen molar-refractivity contribution in [1.82, 2.24) is 9.97 Å². The van der Waals surface area contributed by atoms with Gasteiger partial charge in [0.05, 0.1) is 11.1 Å². The number of hydrogen-bond donors (Lipinski definition) is 0. The summed E-state index contributed by atoms with van der Waals surface area (Å²) in [5, 5.41) is 1.01. The van der Waals surface area contributed by atoms with Crippen LogP contribution in [-0.4, -0.2) is 15.9 Å². The third-order valence-corrected chi connectivity index (χ3v) is 2.69. The molecule has 19 heavy (non-hydrogen) atoms. The molecule has 0 aliphatic carbocycles. The molecule has 0 spiro atoms. The van der Waals surface area contributed by atoms with E-state index in [1.54, 1.807) is 30.6 Å². The zero-order valence-corrected chi connectivity index (χ0v) is 9.98. The summed E-state index contributed by atoms with van der Waals surface area (Å²) in [5.41, 5.74) is 1.24. The summed E-state index contributed by atoms with van der Waals surface area (Å²) in [6, 6.07) is 14.4. The quantitative estimate of drug-likeness (QED) is 0.656. The molecule has 0 aliphatic rings. The van der Waals surface area contributed by atoms with Crippen molar-refractivity contribution in [1.29, 1.82) is 0 Å². The Bertz CT molecular complexity index is 726. The molecule has 0 atom stereocenters. The van der Waals surface area contributed by atoms with Crippen molar-refractivity contribution in [2.75, 3.05) is 0 Å². The SMILES string of the molecule is O=C(Oc1ccc2ccccc2n1)c1ccncc1. The summed E-state index contributed by atoms with van der Waals surface area (Å²) in [5.74, 6) is -0.148. The topological polar surface area (TPSA) is 52.1 Å². The zero-order valence-electron chi connectivity index (χ0n) is 9.98. The van der Waals surface area contributed by atoms with Gasteiger partial charge in [-0.3, -0.25) is 4.98 Å². The van der Waals surface area contributed by atoms with Crippen molar-refractivity contribution >= 4 is 16.9 Å². The fourth-order valence-electron chi connectivity index (χ4n) is 1.75. The van der Waals surface area contributed by atoms with Crippen molar-refractivity contribution in [3.05, 3.63) is 66.5 Å². The first-order chi connectivity index (χ1) is 9.33. The fourth-order valence-corrected chi connectivity index (χ4v) is 1.75. The van der Waals surface area contributed by atoms with Crippen LogP contribution in [0.5, 0.6) is 5.88 Å². The van der Waals surface area contributed by atoms with Crippen LogP contribution in [0.1, 0.15) is 10.4 Å². The second-order valence-corrected chi connectivity index (χ2v) is 3.97. The molecule has 3 rings (SSSR count). The third-order valence-electron chi connectivity index (χ3n) is 2.69. The molecular formula is C15H10N2O2. The number of nitrogens with zero attached hydrogens (tertiary/aromatic N) is 2. The molecule has 0 fully saturated rings. The number of carbonyl (C=O) groups excluding carboxylic acids is 1. The number of carbonyl (C=O) groups is 1. The van der Waals surface area contributed by atoms with Crippen molar-refractivity contribution in [2.24, 2.45) is 0 Å². The average molecular weight is 250 g/mol. The van der Waals surface area contributed by atoms with Gasteiger partial charge < -0.3 is 4.74 Å². The highest BCUT2D eigenvalue weighted by atomic mass is 16.5. The molecule has 0 N–H and O–H groups in total. The van der Waals surface area contributed by atoms with Gasteiger partial charge in [-0.25, -0.2) is 9.78 Å². The van der Waals surface area contributed by atoms with E-state index in [0.29, 0.717) is 11.4 Å². The zero-order chi connectivity index (χ0) is 13.1. The van der Waals surface area contributed by atoms with E-state index in [9.17, 15) is 4.79 Å². The van der Waals surface area contributed by atoms with Crippen LogP contribution >= 0.6 is 0 Å². The highest BCUT2D eigenvalue weighted by Gasteiger charge is 2.09. The highest BCUT2D eigenvalue weighted by molar-refractivity contribution is 5.91. The summed E-state index contributed by atoms with van der Waals surface area (Å²) < 4.78 is 5.23. The smallest absolute Gasteiger partial charge is 0.344 e. The Morgan fingerprint density at radius 3 is 2.58 bits per heavy atom. The lowest BCUT2D eigenvalue weighted by molar-refractivity contribution is 0.0728. The molecule has 4 heteroatoms. The number of para-hydroxylation sites is 1. The van der Waals surface area contributed by atoms with E-state index in [-0.39, 0.29) is 0 Å². The molecule has 1 aromatic carbocycles. The van der Waals surface area contributed by atoms with Crippen LogP contribution < -0.4 is 4.74 Å². The van der Waals surface area contributed by atoms with Crippen LogP contribution in [0.3, 0.4) is 0 Å². The highest BCUT2D eigenvalue weighted by Crippen LogP contribution is 2.16. The molecule has 2 aromatic heterocycles. The molecule has 0 unspecified atom stereocenters. The first-order valence-electron chi connectivity index (χ1n) is 5.81. The molecule has 0 saturated carbocycles. The van der Waals surface area contributed by atoms with Gasteiger partial charge in [0.1, 0.15) is 0 Å². The first kappa shape index (κ1) is 11.3. The minimum Gasteiger partial charge on any atom is -0.404 e. The van der Waals surface area contributed by atoms with Gasteiger partial charge in [0.25, 0.3) is 0 Å². The maximum Gasteiger partial charge on any atom is 0.344 e. The molecule has 0 bridgehead atoms. The largest absolute Gasteiger partial charge is 0.404 e. The van der Waals surface area contributed by atoms with Gasteiger partial charge in [0.2, 0.25) is 5.88 Å². The Morgan fingerprint density at radius 1 is 0.947 bits per heavy atom. The van der Waals surface area contributed by atoms with Crippen LogP contribution in [0.15, 0.2) is 60.9 Å². The lowest BCUT2D eigenvalue weighted by Crippen LogP contribution is -2.09. The summed E-state index contributed by atoms with van der Waals surface area (Å²) in [6.07, 6.45) is 3.09. The Labute approximate surface area is 109 Å². The Morgan fingerprint density at radius 2 is 1.74 bits per heavy atom. The van der Waals surface area contributed by atoms with E-state index < -0.39 is 5.97 Å². The Hall–Kier alpha value is -2.75. The van der Waals surface area contributed by atoms with E-state index in [1.807, 2.05) is 30.3 Å². The predicted octanol–water partition coefficient (Wildman–Crippen LogP) is 2.85. The summed E-state index contributed by atoms with van der Waals surface area (Å²) in [7, 11) is 0. The molecule has 2 heterocycles. The van der Waals surface area contributed by atoms with E-state index in [1.165, 1.54) is 0 Å². The number of rotatable bonds is 2. The van der Waals surface area contributed by atoms with E-state index in [0.717, 1.165) is 10.9 Å². The van der Waals surface area contributed by atoms with Gasteiger partial charge in [-0.05, 0) is 24.3 Å². The van der Waals surface area contributed by atoms with Gasteiger partial charge in [-0.15, -0.1) is 0 Å².